The quantitative estimate of drug-likeness (QED) is 0.700. The number of thioether (sulfide) groups is 1. The Hall–Kier alpha value is -0.710. The molecule has 21 heavy (non-hydrogen) atoms. The summed E-state index contributed by atoms with van der Waals surface area (Å²) in [7, 11) is 0. The van der Waals surface area contributed by atoms with Crippen LogP contribution in [0.5, 0.6) is 0 Å². The summed E-state index contributed by atoms with van der Waals surface area (Å²) in [6.45, 7) is 11.1. The smallest absolute Gasteiger partial charge is 0.245 e. The Labute approximate surface area is 133 Å². The second kappa shape index (κ2) is 8.66. The van der Waals surface area contributed by atoms with E-state index < -0.39 is 0 Å². The minimum absolute atomic E-state index is 0.0242. The van der Waals surface area contributed by atoms with Crippen LogP contribution in [0, 0.1) is 11.8 Å². The first-order valence-electron chi connectivity index (χ1n) is 8.10. The predicted molar refractivity (Wildman–Crippen MR) is 89.3 cm³/mol. The SMILES string of the molecule is CCSCCN1C(=O)C(CC(C)C)NC(=O)C1C(C)CC. The van der Waals surface area contributed by atoms with Gasteiger partial charge in [0.15, 0.2) is 0 Å². The average molecular weight is 314 g/mol. The van der Waals surface area contributed by atoms with Crippen LogP contribution < -0.4 is 5.32 Å². The second-order valence-corrected chi connectivity index (χ2v) is 7.64. The van der Waals surface area contributed by atoms with Gasteiger partial charge >= 0.3 is 0 Å². The van der Waals surface area contributed by atoms with Gasteiger partial charge in [0, 0.05) is 12.3 Å². The number of carbonyl (C=O) groups excluding carboxylic acids is 2. The van der Waals surface area contributed by atoms with Gasteiger partial charge in [0.25, 0.3) is 0 Å². The molecule has 0 aromatic rings. The summed E-state index contributed by atoms with van der Waals surface area (Å²) in [6.07, 6.45) is 1.62. The molecule has 1 fully saturated rings. The van der Waals surface area contributed by atoms with Gasteiger partial charge in [-0.25, -0.2) is 0 Å². The Morgan fingerprint density at radius 2 is 1.90 bits per heavy atom. The van der Waals surface area contributed by atoms with Crippen LogP contribution in [0.2, 0.25) is 0 Å². The lowest BCUT2D eigenvalue weighted by molar-refractivity contribution is -0.151. The molecule has 4 nitrogen and oxygen atoms in total. The van der Waals surface area contributed by atoms with Crippen LogP contribution >= 0.6 is 11.8 Å². The van der Waals surface area contributed by atoms with Crippen molar-refractivity contribution in [1.82, 2.24) is 10.2 Å². The number of nitrogens with zero attached hydrogens (tertiary/aromatic N) is 1. The van der Waals surface area contributed by atoms with E-state index in [9.17, 15) is 9.59 Å². The van der Waals surface area contributed by atoms with Crippen molar-refractivity contribution in [3.05, 3.63) is 0 Å². The zero-order valence-corrected chi connectivity index (χ0v) is 14.8. The van der Waals surface area contributed by atoms with E-state index in [-0.39, 0.29) is 29.8 Å². The standard InChI is InChI=1S/C16H30N2O2S/c1-6-12(5)14-15(19)17-13(10-11(3)4)16(20)18(14)8-9-21-7-2/h11-14H,6-10H2,1-5H3,(H,17,19). The van der Waals surface area contributed by atoms with Crippen molar-refractivity contribution in [3.8, 4) is 0 Å². The summed E-state index contributed by atoms with van der Waals surface area (Å²) in [4.78, 5) is 27.0. The third kappa shape index (κ3) is 4.90. The maximum Gasteiger partial charge on any atom is 0.245 e. The summed E-state index contributed by atoms with van der Waals surface area (Å²) in [5.74, 6) is 2.65. The van der Waals surface area contributed by atoms with E-state index in [0.717, 1.165) is 24.3 Å². The molecule has 2 amide bonds. The fraction of sp³-hybridized carbons (Fsp3) is 0.875. The van der Waals surface area contributed by atoms with E-state index in [1.54, 1.807) is 0 Å². The molecule has 122 valence electrons. The molecule has 0 bridgehead atoms. The molecule has 5 heteroatoms. The number of nitrogens with one attached hydrogen (secondary N) is 1. The molecule has 1 aliphatic heterocycles. The van der Waals surface area contributed by atoms with Gasteiger partial charge < -0.3 is 10.2 Å². The molecule has 1 rings (SSSR count). The third-order valence-electron chi connectivity index (χ3n) is 4.07. The maximum atomic E-state index is 12.7. The van der Waals surface area contributed by atoms with Crippen molar-refractivity contribution in [2.75, 3.05) is 18.1 Å². The van der Waals surface area contributed by atoms with E-state index in [4.69, 9.17) is 0 Å². The van der Waals surface area contributed by atoms with Gasteiger partial charge in [-0.05, 0) is 24.0 Å². The van der Waals surface area contributed by atoms with Gasteiger partial charge in [-0.15, -0.1) is 0 Å². The zero-order valence-electron chi connectivity index (χ0n) is 14.0. The molecule has 3 atom stereocenters. The fourth-order valence-electron chi connectivity index (χ4n) is 2.77. The molecule has 0 aromatic carbocycles. The van der Waals surface area contributed by atoms with E-state index in [1.165, 1.54) is 0 Å². The minimum atomic E-state index is -0.343. The third-order valence-corrected chi connectivity index (χ3v) is 4.95. The summed E-state index contributed by atoms with van der Waals surface area (Å²) in [5.41, 5.74) is 0. The van der Waals surface area contributed by atoms with Crippen LogP contribution in [0.1, 0.15) is 47.5 Å². The highest BCUT2D eigenvalue weighted by molar-refractivity contribution is 7.99. The first-order chi connectivity index (χ1) is 9.92. The average Bonchev–Trinajstić information content (AvgIpc) is 2.42. The highest BCUT2D eigenvalue weighted by atomic mass is 32.2. The molecule has 0 spiro atoms. The first-order valence-corrected chi connectivity index (χ1v) is 9.26. The Kier molecular flexibility index (Phi) is 7.57. The minimum Gasteiger partial charge on any atom is -0.342 e. The molecule has 1 heterocycles. The van der Waals surface area contributed by atoms with Crippen LogP contribution in [0.25, 0.3) is 0 Å². The topological polar surface area (TPSA) is 49.4 Å². The number of rotatable bonds is 8. The molecule has 0 radical (unpaired) electrons. The summed E-state index contributed by atoms with van der Waals surface area (Å²) < 4.78 is 0. The second-order valence-electron chi connectivity index (χ2n) is 6.25. The molecule has 1 aliphatic rings. The van der Waals surface area contributed by atoms with Gasteiger partial charge in [-0.3, -0.25) is 9.59 Å². The highest BCUT2D eigenvalue weighted by Gasteiger charge is 2.42. The fourth-order valence-corrected chi connectivity index (χ4v) is 3.39. The Morgan fingerprint density at radius 1 is 1.24 bits per heavy atom. The van der Waals surface area contributed by atoms with Gasteiger partial charge in [0.05, 0.1) is 0 Å². The van der Waals surface area contributed by atoms with Crippen molar-refractivity contribution >= 4 is 23.6 Å². The van der Waals surface area contributed by atoms with Gasteiger partial charge in [-0.1, -0.05) is 41.0 Å². The number of hydrogen-bond acceptors (Lipinski definition) is 3. The molecular formula is C16H30N2O2S. The van der Waals surface area contributed by atoms with Gasteiger partial charge in [0.1, 0.15) is 12.1 Å². The van der Waals surface area contributed by atoms with Crippen LogP contribution in [-0.4, -0.2) is 46.8 Å². The van der Waals surface area contributed by atoms with Crippen LogP contribution in [0.15, 0.2) is 0 Å². The normalized spacial score (nSPS) is 24.4. The van der Waals surface area contributed by atoms with E-state index in [1.807, 2.05) is 16.7 Å². The number of amides is 2. The van der Waals surface area contributed by atoms with Gasteiger partial charge in [-0.2, -0.15) is 11.8 Å². The van der Waals surface area contributed by atoms with E-state index >= 15 is 0 Å². The molecular weight excluding hydrogens is 284 g/mol. The van der Waals surface area contributed by atoms with E-state index in [0.29, 0.717) is 12.5 Å². The van der Waals surface area contributed by atoms with Crippen molar-refractivity contribution in [2.24, 2.45) is 11.8 Å². The van der Waals surface area contributed by atoms with Crippen molar-refractivity contribution < 1.29 is 9.59 Å². The largest absolute Gasteiger partial charge is 0.342 e. The molecule has 0 aromatic heterocycles. The van der Waals surface area contributed by atoms with E-state index in [2.05, 4.69) is 39.9 Å². The lowest BCUT2D eigenvalue weighted by atomic mass is 9.91. The molecule has 3 unspecified atom stereocenters. The molecule has 0 aliphatic carbocycles. The molecule has 0 saturated carbocycles. The molecule has 1 N–H and O–H groups in total. The van der Waals surface area contributed by atoms with Crippen molar-refractivity contribution in [3.63, 3.8) is 0 Å². The monoisotopic (exact) mass is 314 g/mol. The van der Waals surface area contributed by atoms with Crippen LogP contribution in [0.4, 0.5) is 0 Å². The Balaban J connectivity index is 2.88. The van der Waals surface area contributed by atoms with Gasteiger partial charge in [0.2, 0.25) is 11.8 Å². The highest BCUT2D eigenvalue weighted by Crippen LogP contribution is 2.23. The number of piperazine rings is 1. The summed E-state index contributed by atoms with van der Waals surface area (Å²) in [5, 5.41) is 2.95. The Bertz CT molecular complexity index is 360. The lowest BCUT2D eigenvalue weighted by Crippen LogP contribution is -2.65. The number of carbonyl (C=O) groups is 2. The zero-order chi connectivity index (χ0) is 16.0. The summed E-state index contributed by atoms with van der Waals surface area (Å²) in [6, 6.07) is -0.646. The molecule has 1 saturated heterocycles. The maximum absolute atomic E-state index is 12.7. The van der Waals surface area contributed by atoms with Crippen LogP contribution in [-0.2, 0) is 9.59 Å². The first kappa shape index (κ1) is 18.3. The summed E-state index contributed by atoms with van der Waals surface area (Å²) >= 11 is 1.82. The van der Waals surface area contributed by atoms with Crippen molar-refractivity contribution in [1.29, 1.82) is 0 Å². The van der Waals surface area contributed by atoms with Crippen molar-refractivity contribution in [2.45, 2.75) is 59.5 Å². The number of hydrogen-bond donors (Lipinski definition) is 1. The van der Waals surface area contributed by atoms with Crippen LogP contribution in [0.3, 0.4) is 0 Å². The predicted octanol–water partition coefficient (Wildman–Crippen LogP) is 2.53. The Morgan fingerprint density at radius 3 is 2.43 bits per heavy atom. The lowest BCUT2D eigenvalue weighted by Gasteiger charge is -2.42.